The number of carbonyl (C=O) groups excluding carboxylic acids is 1. The van der Waals surface area contributed by atoms with E-state index in [0.29, 0.717) is 30.3 Å². The van der Waals surface area contributed by atoms with Crippen molar-refractivity contribution in [3.63, 3.8) is 0 Å². The third kappa shape index (κ3) is 6.40. The first-order valence-electron chi connectivity index (χ1n) is 11.0. The molecule has 3 aromatic carbocycles. The summed E-state index contributed by atoms with van der Waals surface area (Å²) in [5, 5.41) is 5.81. The third-order valence-electron chi connectivity index (χ3n) is 5.37. The Bertz CT molecular complexity index is 1100. The van der Waals surface area contributed by atoms with Gasteiger partial charge in [0.05, 0.1) is 0 Å². The molecular weight excluding hydrogens is 418 g/mol. The SMILES string of the molecule is CCN(C)Cc1cccc(CNC(=O)Nc2cccc(COc3ccc4c(c3)OCO4)c2)c1. The van der Waals surface area contributed by atoms with Gasteiger partial charge in [-0.25, -0.2) is 4.79 Å². The Morgan fingerprint density at radius 2 is 1.76 bits per heavy atom. The third-order valence-corrected chi connectivity index (χ3v) is 5.37. The van der Waals surface area contributed by atoms with Gasteiger partial charge in [-0.05, 0) is 54.5 Å². The van der Waals surface area contributed by atoms with Gasteiger partial charge in [0.1, 0.15) is 12.4 Å². The lowest BCUT2D eigenvalue weighted by molar-refractivity contribution is 0.173. The number of benzene rings is 3. The quantitative estimate of drug-likeness (QED) is 0.495. The van der Waals surface area contributed by atoms with Crippen molar-refractivity contribution >= 4 is 11.7 Å². The Kier molecular flexibility index (Phi) is 7.32. The van der Waals surface area contributed by atoms with Crippen LogP contribution in [0.15, 0.2) is 66.7 Å². The molecule has 4 rings (SSSR count). The largest absolute Gasteiger partial charge is 0.489 e. The van der Waals surface area contributed by atoms with Crippen LogP contribution in [0.2, 0.25) is 0 Å². The molecule has 0 aromatic heterocycles. The number of rotatable bonds is 9. The molecule has 0 saturated carbocycles. The molecule has 33 heavy (non-hydrogen) atoms. The summed E-state index contributed by atoms with van der Waals surface area (Å²) in [5.41, 5.74) is 3.95. The number of hydrogen-bond acceptors (Lipinski definition) is 5. The molecule has 0 atom stereocenters. The zero-order valence-corrected chi connectivity index (χ0v) is 19.0. The van der Waals surface area contributed by atoms with E-state index in [1.165, 1.54) is 5.56 Å². The fraction of sp³-hybridized carbons (Fsp3) is 0.269. The molecule has 2 N–H and O–H groups in total. The first kappa shape index (κ1) is 22.5. The molecule has 0 spiro atoms. The number of hydrogen-bond donors (Lipinski definition) is 2. The summed E-state index contributed by atoms with van der Waals surface area (Å²) in [6.07, 6.45) is 0. The predicted molar refractivity (Wildman–Crippen MR) is 128 cm³/mol. The van der Waals surface area contributed by atoms with Crippen molar-refractivity contribution in [2.45, 2.75) is 26.6 Å². The van der Waals surface area contributed by atoms with Gasteiger partial charge >= 0.3 is 6.03 Å². The molecule has 7 nitrogen and oxygen atoms in total. The second kappa shape index (κ2) is 10.7. The molecule has 172 valence electrons. The van der Waals surface area contributed by atoms with E-state index in [9.17, 15) is 4.79 Å². The summed E-state index contributed by atoms with van der Waals surface area (Å²) in [6.45, 7) is 5.08. The lowest BCUT2D eigenvalue weighted by Crippen LogP contribution is -2.28. The average Bonchev–Trinajstić information content (AvgIpc) is 3.30. The van der Waals surface area contributed by atoms with Crippen molar-refractivity contribution < 1.29 is 19.0 Å². The van der Waals surface area contributed by atoms with Gasteiger partial charge in [0.2, 0.25) is 6.79 Å². The highest BCUT2D eigenvalue weighted by Gasteiger charge is 2.13. The van der Waals surface area contributed by atoms with Crippen molar-refractivity contribution in [3.8, 4) is 17.2 Å². The van der Waals surface area contributed by atoms with Crippen LogP contribution in [0.25, 0.3) is 0 Å². The number of nitrogens with one attached hydrogen (secondary N) is 2. The number of nitrogens with zero attached hydrogens (tertiary/aromatic N) is 1. The molecule has 0 bridgehead atoms. The topological polar surface area (TPSA) is 72.1 Å². The Morgan fingerprint density at radius 1 is 0.970 bits per heavy atom. The molecule has 1 heterocycles. The van der Waals surface area contributed by atoms with Gasteiger partial charge in [0, 0.05) is 24.8 Å². The smallest absolute Gasteiger partial charge is 0.319 e. The van der Waals surface area contributed by atoms with E-state index in [-0.39, 0.29) is 12.8 Å². The number of anilines is 1. The minimum absolute atomic E-state index is 0.232. The normalized spacial score (nSPS) is 12.0. The van der Waals surface area contributed by atoms with E-state index in [1.54, 1.807) is 0 Å². The summed E-state index contributed by atoms with van der Waals surface area (Å²) in [7, 11) is 2.09. The Morgan fingerprint density at radius 3 is 2.64 bits per heavy atom. The van der Waals surface area contributed by atoms with E-state index >= 15 is 0 Å². The van der Waals surface area contributed by atoms with Gasteiger partial charge < -0.3 is 29.7 Å². The van der Waals surface area contributed by atoms with Crippen LogP contribution in [0, 0.1) is 0 Å². The monoisotopic (exact) mass is 447 g/mol. The van der Waals surface area contributed by atoms with Crippen molar-refractivity contribution in [1.82, 2.24) is 10.2 Å². The van der Waals surface area contributed by atoms with Crippen LogP contribution in [0.4, 0.5) is 10.5 Å². The minimum Gasteiger partial charge on any atom is -0.489 e. The van der Waals surface area contributed by atoms with Crippen LogP contribution in [-0.2, 0) is 19.7 Å². The minimum atomic E-state index is -0.250. The second-order valence-corrected chi connectivity index (χ2v) is 7.96. The number of amides is 2. The van der Waals surface area contributed by atoms with Crippen molar-refractivity contribution in [2.75, 3.05) is 25.7 Å². The second-order valence-electron chi connectivity index (χ2n) is 7.96. The first-order valence-corrected chi connectivity index (χ1v) is 11.0. The zero-order valence-electron chi connectivity index (χ0n) is 19.0. The summed E-state index contributed by atoms with van der Waals surface area (Å²) >= 11 is 0. The number of fused-ring (bicyclic) bond motifs is 1. The Hall–Kier alpha value is -3.71. The molecule has 2 amide bonds. The first-order chi connectivity index (χ1) is 16.1. The lowest BCUT2D eigenvalue weighted by atomic mass is 10.1. The fourth-order valence-electron chi connectivity index (χ4n) is 3.49. The predicted octanol–water partition coefficient (Wildman–Crippen LogP) is 4.77. The molecule has 0 saturated heterocycles. The summed E-state index contributed by atoms with van der Waals surface area (Å²) in [4.78, 5) is 14.6. The summed E-state index contributed by atoms with van der Waals surface area (Å²) in [5.74, 6) is 2.10. The maximum atomic E-state index is 12.4. The van der Waals surface area contributed by atoms with E-state index < -0.39 is 0 Å². The number of ether oxygens (including phenoxy) is 3. The average molecular weight is 448 g/mol. The van der Waals surface area contributed by atoms with Gasteiger partial charge in [-0.3, -0.25) is 0 Å². The standard InChI is InChI=1S/C26H29N3O4/c1-3-29(2)16-20-7-4-6-19(12-20)15-27-26(30)28-22-9-5-8-21(13-22)17-31-23-10-11-24-25(14-23)33-18-32-24/h4-14H,3,15-18H2,1-2H3,(H2,27,28,30). The lowest BCUT2D eigenvalue weighted by Gasteiger charge is -2.15. The highest BCUT2D eigenvalue weighted by Crippen LogP contribution is 2.35. The highest BCUT2D eigenvalue weighted by molar-refractivity contribution is 5.89. The van der Waals surface area contributed by atoms with Crippen LogP contribution < -0.4 is 24.8 Å². The van der Waals surface area contributed by atoms with Gasteiger partial charge in [-0.2, -0.15) is 0 Å². The Balaban J connectivity index is 1.27. The number of carbonyl (C=O) groups is 1. The van der Waals surface area contributed by atoms with E-state index in [4.69, 9.17) is 14.2 Å². The maximum Gasteiger partial charge on any atom is 0.319 e. The molecule has 1 aliphatic heterocycles. The van der Waals surface area contributed by atoms with Gasteiger partial charge in [0.25, 0.3) is 0 Å². The van der Waals surface area contributed by atoms with Crippen LogP contribution >= 0.6 is 0 Å². The van der Waals surface area contributed by atoms with Crippen LogP contribution in [0.5, 0.6) is 17.2 Å². The number of urea groups is 1. The van der Waals surface area contributed by atoms with Gasteiger partial charge in [0.15, 0.2) is 11.5 Å². The van der Waals surface area contributed by atoms with Crippen LogP contribution in [0.3, 0.4) is 0 Å². The molecule has 0 radical (unpaired) electrons. The highest BCUT2D eigenvalue weighted by atomic mass is 16.7. The molecule has 0 unspecified atom stereocenters. The van der Waals surface area contributed by atoms with Gasteiger partial charge in [-0.1, -0.05) is 43.3 Å². The Labute approximate surface area is 194 Å². The fourth-order valence-corrected chi connectivity index (χ4v) is 3.49. The van der Waals surface area contributed by atoms with Crippen molar-refractivity contribution in [2.24, 2.45) is 0 Å². The zero-order chi connectivity index (χ0) is 23.0. The molecule has 7 heteroatoms. The molecular formula is C26H29N3O4. The van der Waals surface area contributed by atoms with Gasteiger partial charge in [-0.15, -0.1) is 0 Å². The molecule has 0 aliphatic carbocycles. The van der Waals surface area contributed by atoms with Crippen LogP contribution in [-0.4, -0.2) is 31.3 Å². The van der Waals surface area contributed by atoms with E-state index in [1.807, 2.05) is 54.6 Å². The molecule has 1 aliphatic rings. The van der Waals surface area contributed by atoms with Crippen molar-refractivity contribution in [1.29, 1.82) is 0 Å². The van der Waals surface area contributed by atoms with E-state index in [2.05, 4.69) is 41.6 Å². The molecule has 3 aromatic rings. The maximum absolute atomic E-state index is 12.4. The molecule has 0 fully saturated rings. The van der Waals surface area contributed by atoms with Crippen molar-refractivity contribution in [3.05, 3.63) is 83.4 Å². The van der Waals surface area contributed by atoms with E-state index in [0.717, 1.165) is 30.0 Å². The summed E-state index contributed by atoms with van der Waals surface area (Å²) < 4.78 is 16.6. The summed E-state index contributed by atoms with van der Waals surface area (Å²) in [6, 6.07) is 21.1. The van der Waals surface area contributed by atoms with Crippen LogP contribution in [0.1, 0.15) is 23.6 Å².